The summed E-state index contributed by atoms with van der Waals surface area (Å²) in [6, 6.07) is 4.94. The summed E-state index contributed by atoms with van der Waals surface area (Å²) in [6.45, 7) is 4.03. The minimum Gasteiger partial charge on any atom is -0.398 e. The van der Waals surface area contributed by atoms with Gasteiger partial charge in [-0.2, -0.15) is 0 Å². The molecule has 0 radical (unpaired) electrons. The van der Waals surface area contributed by atoms with Crippen molar-refractivity contribution in [3.63, 3.8) is 0 Å². The smallest absolute Gasteiger partial charge is 0.240 e. The number of nitrogens with one attached hydrogen (secondary N) is 1. The molecule has 0 saturated heterocycles. The van der Waals surface area contributed by atoms with Gasteiger partial charge in [-0.1, -0.05) is 25.8 Å². The van der Waals surface area contributed by atoms with Gasteiger partial charge in [0.1, 0.15) is 0 Å². The molecule has 2 rings (SSSR count). The number of sulfonamides is 1. The molecule has 3 N–H and O–H groups in total. The fourth-order valence-electron chi connectivity index (χ4n) is 2.61. The van der Waals surface area contributed by atoms with E-state index in [0.717, 1.165) is 24.8 Å². The van der Waals surface area contributed by atoms with Gasteiger partial charge in [-0.3, -0.25) is 0 Å². The average Bonchev–Trinajstić information content (AvgIpc) is 2.32. The Kier molecular flexibility index (Phi) is 4.16. The highest BCUT2D eigenvalue weighted by molar-refractivity contribution is 7.89. The van der Waals surface area contributed by atoms with Crippen LogP contribution >= 0.6 is 0 Å². The fraction of sp³-hybridized carbons (Fsp3) is 0.571. The third kappa shape index (κ3) is 3.48. The maximum absolute atomic E-state index is 12.3. The molecule has 106 valence electrons. The average molecular weight is 282 g/mol. The molecule has 1 aromatic rings. The monoisotopic (exact) mass is 282 g/mol. The van der Waals surface area contributed by atoms with Gasteiger partial charge in [0.05, 0.1) is 4.90 Å². The highest BCUT2D eigenvalue weighted by Crippen LogP contribution is 2.25. The third-order valence-corrected chi connectivity index (χ3v) is 5.34. The predicted molar refractivity (Wildman–Crippen MR) is 77.3 cm³/mol. The van der Waals surface area contributed by atoms with Crippen molar-refractivity contribution in [3.05, 3.63) is 23.8 Å². The van der Waals surface area contributed by atoms with Gasteiger partial charge in [0.15, 0.2) is 0 Å². The number of nitrogen functional groups attached to an aromatic ring is 1. The number of hydrogen-bond acceptors (Lipinski definition) is 3. The van der Waals surface area contributed by atoms with Gasteiger partial charge < -0.3 is 5.73 Å². The van der Waals surface area contributed by atoms with E-state index < -0.39 is 10.0 Å². The topological polar surface area (TPSA) is 72.2 Å². The van der Waals surface area contributed by atoms with Crippen LogP contribution in [0.5, 0.6) is 0 Å². The molecule has 0 spiro atoms. The Morgan fingerprint density at radius 3 is 2.68 bits per heavy atom. The van der Waals surface area contributed by atoms with E-state index in [2.05, 4.69) is 11.6 Å². The summed E-state index contributed by atoms with van der Waals surface area (Å²) in [4.78, 5) is 0.258. The molecule has 0 heterocycles. The van der Waals surface area contributed by atoms with Gasteiger partial charge in [-0.25, -0.2) is 13.1 Å². The van der Waals surface area contributed by atoms with E-state index >= 15 is 0 Å². The first-order valence-electron chi connectivity index (χ1n) is 6.77. The van der Waals surface area contributed by atoms with Crippen LogP contribution < -0.4 is 10.5 Å². The minimum absolute atomic E-state index is 0.0521. The Balaban J connectivity index is 2.15. The molecule has 0 amide bonds. The van der Waals surface area contributed by atoms with E-state index in [9.17, 15) is 8.42 Å². The molecule has 2 unspecified atom stereocenters. The molecule has 1 saturated carbocycles. The van der Waals surface area contributed by atoms with Gasteiger partial charge in [-0.15, -0.1) is 0 Å². The molecular formula is C14H22N2O2S. The van der Waals surface area contributed by atoms with Gasteiger partial charge in [-0.05, 0) is 43.4 Å². The molecule has 0 aromatic heterocycles. The Bertz CT molecular complexity index is 555. The molecule has 0 aliphatic heterocycles. The molecule has 0 bridgehead atoms. The second kappa shape index (κ2) is 5.51. The van der Waals surface area contributed by atoms with Gasteiger partial charge in [0, 0.05) is 11.7 Å². The highest BCUT2D eigenvalue weighted by Gasteiger charge is 2.24. The lowest BCUT2D eigenvalue weighted by Gasteiger charge is -2.27. The van der Waals surface area contributed by atoms with Crippen LogP contribution in [0.2, 0.25) is 0 Å². The summed E-state index contributed by atoms with van der Waals surface area (Å²) in [5.74, 6) is 0.588. The first-order chi connectivity index (χ1) is 8.88. The quantitative estimate of drug-likeness (QED) is 0.836. The molecule has 1 aliphatic carbocycles. The molecule has 2 atom stereocenters. The van der Waals surface area contributed by atoms with Crippen LogP contribution in [0.4, 0.5) is 5.69 Å². The highest BCUT2D eigenvalue weighted by atomic mass is 32.2. The zero-order valence-corrected chi connectivity index (χ0v) is 12.3. The number of aryl methyl sites for hydroxylation is 1. The summed E-state index contributed by atoms with van der Waals surface area (Å²) >= 11 is 0. The van der Waals surface area contributed by atoms with Crippen molar-refractivity contribution in [1.29, 1.82) is 0 Å². The third-order valence-electron chi connectivity index (χ3n) is 3.82. The Morgan fingerprint density at radius 2 is 2.05 bits per heavy atom. The Morgan fingerprint density at radius 1 is 1.32 bits per heavy atom. The van der Waals surface area contributed by atoms with Crippen LogP contribution in [-0.2, 0) is 10.0 Å². The van der Waals surface area contributed by atoms with E-state index in [1.54, 1.807) is 12.1 Å². The summed E-state index contributed by atoms with van der Waals surface area (Å²) in [7, 11) is -3.45. The zero-order valence-electron chi connectivity index (χ0n) is 11.5. The first kappa shape index (κ1) is 14.3. The van der Waals surface area contributed by atoms with E-state index in [-0.39, 0.29) is 10.9 Å². The van der Waals surface area contributed by atoms with E-state index in [1.165, 1.54) is 12.5 Å². The minimum atomic E-state index is -3.45. The Labute approximate surface area is 115 Å². The summed E-state index contributed by atoms with van der Waals surface area (Å²) in [5.41, 5.74) is 7.19. The van der Waals surface area contributed by atoms with Crippen molar-refractivity contribution in [2.75, 3.05) is 5.73 Å². The maximum atomic E-state index is 12.3. The Hall–Kier alpha value is -1.07. The van der Waals surface area contributed by atoms with Gasteiger partial charge >= 0.3 is 0 Å². The largest absolute Gasteiger partial charge is 0.398 e. The molecule has 1 aromatic carbocycles. The lowest BCUT2D eigenvalue weighted by atomic mass is 9.88. The number of rotatable bonds is 3. The SMILES string of the molecule is Cc1ccc(S(=O)(=O)NC2CCCC(C)C2)cc1N. The van der Waals surface area contributed by atoms with Crippen LogP contribution in [0.25, 0.3) is 0 Å². The van der Waals surface area contributed by atoms with Crippen molar-refractivity contribution in [2.45, 2.75) is 50.5 Å². The van der Waals surface area contributed by atoms with Crippen LogP contribution in [0.3, 0.4) is 0 Å². The summed E-state index contributed by atoms with van der Waals surface area (Å²) in [6.07, 6.45) is 4.12. The predicted octanol–water partition coefficient (Wildman–Crippen LogP) is 2.43. The van der Waals surface area contributed by atoms with Crippen molar-refractivity contribution in [3.8, 4) is 0 Å². The van der Waals surface area contributed by atoms with Crippen molar-refractivity contribution < 1.29 is 8.42 Å². The molecule has 1 fully saturated rings. The summed E-state index contributed by atoms with van der Waals surface area (Å²) in [5, 5.41) is 0. The van der Waals surface area contributed by atoms with E-state index in [1.807, 2.05) is 6.92 Å². The number of nitrogens with two attached hydrogens (primary N) is 1. The number of hydrogen-bond donors (Lipinski definition) is 2. The lowest BCUT2D eigenvalue weighted by Crippen LogP contribution is -2.37. The van der Waals surface area contributed by atoms with E-state index in [4.69, 9.17) is 5.73 Å². The standard InChI is InChI=1S/C14H22N2O2S/c1-10-4-3-5-12(8-10)16-19(17,18)13-7-6-11(2)14(15)9-13/h6-7,9-10,12,16H,3-5,8,15H2,1-2H3. The molecule has 4 nitrogen and oxygen atoms in total. The molecular weight excluding hydrogens is 260 g/mol. The van der Waals surface area contributed by atoms with Crippen LogP contribution in [0, 0.1) is 12.8 Å². The second-order valence-corrected chi connectivity index (χ2v) is 7.32. The number of anilines is 1. The second-order valence-electron chi connectivity index (χ2n) is 5.61. The van der Waals surface area contributed by atoms with Crippen molar-refractivity contribution in [1.82, 2.24) is 4.72 Å². The van der Waals surface area contributed by atoms with Crippen molar-refractivity contribution in [2.24, 2.45) is 5.92 Å². The van der Waals surface area contributed by atoms with Crippen LogP contribution in [0.15, 0.2) is 23.1 Å². The van der Waals surface area contributed by atoms with Gasteiger partial charge in [0.2, 0.25) is 10.0 Å². The van der Waals surface area contributed by atoms with Gasteiger partial charge in [0.25, 0.3) is 0 Å². The summed E-state index contributed by atoms with van der Waals surface area (Å²) < 4.78 is 27.4. The first-order valence-corrected chi connectivity index (χ1v) is 8.25. The maximum Gasteiger partial charge on any atom is 0.240 e. The fourth-order valence-corrected chi connectivity index (χ4v) is 3.93. The lowest BCUT2D eigenvalue weighted by molar-refractivity contribution is 0.327. The molecule has 1 aliphatic rings. The van der Waals surface area contributed by atoms with Crippen LogP contribution in [0.1, 0.15) is 38.2 Å². The van der Waals surface area contributed by atoms with Crippen LogP contribution in [-0.4, -0.2) is 14.5 Å². The molecule has 19 heavy (non-hydrogen) atoms. The van der Waals surface area contributed by atoms with E-state index in [0.29, 0.717) is 11.6 Å². The number of benzene rings is 1. The van der Waals surface area contributed by atoms with Crippen molar-refractivity contribution >= 4 is 15.7 Å². The zero-order chi connectivity index (χ0) is 14.0. The molecule has 5 heteroatoms. The normalized spacial score (nSPS) is 24.3.